The Morgan fingerprint density at radius 3 is 2.51 bits per heavy atom. The first-order valence-corrected chi connectivity index (χ1v) is 12.1. The Morgan fingerprint density at radius 2 is 1.86 bits per heavy atom. The van der Waals surface area contributed by atoms with Gasteiger partial charge in [0.25, 0.3) is 0 Å². The third kappa shape index (κ3) is 5.37. The predicted molar refractivity (Wildman–Crippen MR) is 139 cm³/mol. The number of amides is 2. The number of hydrogen-bond donors (Lipinski definition) is 2. The number of benzene rings is 2. The number of alkyl halides is 1. The highest BCUT2D eigenvalue weighted by Gasteiger charge is 2.22. The van der Waals surface area contributed by atoms with Crippen LogP contribution in [-0.4, -0.2) is 42.1 Å². The maximum absolute atomic E-state index is 13.7. The van der Waals surface area contributed by atoms with E-state index >= 15 is 0 Å². The van der Waals surface area contributed by atoms with E-state index in [1.807, 2.05) is 39.0 Å². The molecule has 3 aromatic rings. The number of aromatic nitrogens is 2. The van der Waals surface area contributed by atoms with E-state index in [0.717, 1.165) is 33.5 Å². The molecule has 0 atom stereocenters. The molecule has 0 fully saturated rings. The maximum atomic E-state index is 13.7. The fraction of sp³-hybridized carbons (Fsp3) is 0.370. The second kappa shape index (κ2) is 10.9. The normalized spacial score (nSPS) is 12.6. The Labute approximate surface area is 214 Å². The summed E-state index contributed by atoms with van der Waals surface area (Å²) >= 11 is 0. The molecule has 1 aromatic heterocycles. The molecule has 10 heteroatoms. The highest BCUT2D eigenvalue weighted by Crippen LogP contribution is 2.37. The highest BCUT2D eigenvalue weighted by molar-refractivity contribution is 5.71. The van der Waals surface area contributed by atoms with E-state index in [9.17, 15) is 14.0 Å². The van der Waals surface area contributed by atoms with Crippen molar-refractivity contribution in [1.29, 1.82) is 0 Å². The van der Waals surface area contributed by atoms with Gasteiger partial charge in [-0.1, -0.05) is 17.7 Å². The van der Waals surface area contributed by atoms with Gasteiger partial charge in [-0.3, -0.25) is 9.13 Å². The number of halogens is 1. The van der Waals surface area contributed by atoms with Crippen molar-refractivity contribution in [1.82, 2.24) is 14.5 Å². The second-order valence-electron chi connectivity index (χ2n) is 9.07. The lowest BCUT2D eigenvalue weighted by molar-refractivity contribution is 0.248. The number of nitrogens with one attached hydrogen (secondary N) is 1. The topological polar surface area (TPSA) is 113 Å². The number of hydrogen-bond acceptors (Lipinski definition) is 5. The van der Waals surface area contributed by atoms with Crippen LogP contribution in [0.4, 0.5) is 14.9 Å². The van der Waals surface area contributed by atoms with Crippen LogP contribution in [0.15, 0.2) is 40.1 Å². The van der Waals surface area contributed by atoms with Gasteiger partial charge in [0.15, 0.2) is 11.5 Å². The largest absolute Gasteiger partial charge is 0.493 e. The first-order valence-electron chi connectivity index (χ1n) is 12.1. The van der Waals surface area contributed by atoms with Crippen molar-refractivity contribution in [3.8, 4) is 22.8 Å². The molecule has 4 rings (SSSR count). The zero-order chi connectivity index (χ0) is 26.7. The Kier molecular flexibility index (Phi) is 7.66. The third-order valence-corrected chi connectivity index (χ3v) is 6.40. The summed E-state index contributed by atoms with van der Waals surface area (Å²) in [5.41, 5.74) is 11.8. The van der Waals surface area contributed by atoms with Gasteiger partial charge in [0, 0.05) is 31.3 Å². The second-order valence-corrected chi connectivity index (χ2v) is 9.07. The lowest BCUT2D eigenvalue weighted by Gasteiger charge is -2.25. The van der Waals surface area contributed by atoms with Gasteiger partial charge < -0.3 is 20.5 Å². The van der Waals surface area contributed by atoms with Gasteiger partial charge in [0.2, 0.25) is 0 Å². The van der Waals surface area contributed by atoms with Crippen molar-refractivity contribution in [2.75, 3.05) is 26.9 Å². The monoisotopic (exact) mass is 509 g/mol. The standard InChI is InChI=1S/C27H32FN5O4/c1-16-11-17(2)25(18(3)12-16)31-24-15-21-20-14-22(36-4)23(37-10-6-28)13-19(20)5-8-32(21)27(35)33(24)9-7-30-26(29)34/h11-15H,5-10H2,1-4H3,(H3,29,30,34). The predicted octanol–water partition coefficient (Wildman–Crippen LogP) is 3.06. The fourth-order valence-corrected chi connectivity index (χ4v) is 4.82. The number of ether oxygens (including phenoxy) is 2. The molecule has 9 nitrogen and oxygen atoms in total. The molecule has 1 aliphatic heterocycles. The number of urea groups is 1. The van der Waals surface area contributed by atoms with Gasteiger partial charge in [-0.15, -0.1) is 0 Å². The van der Waals surface area contributed by atoms with E-state index < -0.39 is 12.7 Å². The van der Waals surface area contributed by atoms with Crippen LogP contribution < -0.4 is 31.7 Å². The summed E-state index contributed by atoms with van der Waals surface area (Å²) in [6, 6.07) is 8.99. The number of fused-ring (bicyclic) bond motifs is 3. The van der Waals surface area contributed by atoms with E-state index in [1.54, 1.807) is 9.13 Å². The molecular formula is C27H32FN5O4. The molecule has 3 N–H and O–H groups in total. The fourth-order valence-electron chi connectivity index (χ4n) is 4.82. The smallest absolute Gasteiger partial charge is 0.330 e. The van der Waals surface area contributed by atoms with Gasteiger partial charge >= 0.3 is 11.7 Å². The van der Waals surface area contributed by atoms with Crippen molar-refractivity contribution in [2.24, 2.45) is 10.7 Å². The summed E-state index contributed by atoms with van der Waals surface area (Å²) in [6.45, 7) is 6.17. The number of primary amides is 1. The number of carbonyl (C=O) groups excluding carboxylic acids is 1. The van der Waals surface area contributed by atoms with Crippen LogP contribution in [0.5, 0.6) is 11.5 Å². The zero-order valence-electron chi connectivity index (χ0n) is 21.6. The average Bonchev–Trinajstić information content (AvgIpc) is 2.85. The Hall–Kier alpha value is -4.08. The molecule has 2 aromatic carbocycles. The van der Waals surface area contributed by atoms with Crippen LogP contribution in [0.25, 0.3) is 11.3 Å². The number of aryl methyl sites for hydroxylation is 4. The minimum absolute atomic E-state index is 0.0667. The molecule has 2 amide bonds. The summed E-state index contributed by atoms with van der Waals surface area (Å²) in [6.07, 6.45) is 0.588. The van der Waals surface area contributed by atoms with Crippen molar-refractivity contribution >= 4 is 11.7 Å². The summed E-state index contributed by atoms with van der Waals surface area (Å²) < 4.78 is 27.0. The molecule has 37 heavy (non-hydrogen) atoms. The molecule has 2 heterocycles. The SMILES string of the molecule is COc1cc2c(cc1OCCF)CCn1c-2cc(=Nc2c(C)cc(C)cc2C)n(CCNC(N)=O)c1=O. The number of methoxy groups -OCH3 is 1. The summed E-state index contributed by atoms with van der Waals surface area (Å²) in [7, 11) is 1.52. The van der Waals surface area contributed by atoms with Crippen LogP contribution in [0.3, 0.4) is 0 Å². The van der Waals surface area contributed by atoms with Gasteiger partial charge in [0.05, 0.1) is 18.5 Å². The number of carbonyl (C=O) groups is 1. The minimum atomic E-state index is -0.658. The number of rotatable bonds is 8. The summed E-state index contributed by atoms with van der Waals surface area (Å²) in [4.78, 5) is 29.9. The van der Waals surface area contributed by atoms with Crippen molar-refractivity contribution in [3.05, 3.63) is 68.6 Å². The molecule has 0 radical (unpaired) electrons. The quantitative estimate of drug-likeness (QED) is 0.486. The molecule has 0 saturated heterocycles. The first kappa shape index (κ1) is 26.0. The molecule has 0 bridgehead atoms. The maximum Gasteiger partial charge on any atom is 0.330 e. The van der Waals surface area contributed by atoms with E-state index in [-0.39, 0.29) is 25.4 Å². The van der Waals surface area contributed by atoms with Gasteiger partial charge in [-0.25, -0.2) is 19.0 Å². The third-order valence-electron chi connectivity index (χ3n) is 6.40. The van der Waals surface area contributed by atoms with Crippen molar-refractivity contribution in [2.45, 2.75) is 40.3 Å². The molecule has 0 aliphatic carbocycles. The molecular weight excluding hydrogens is 477 g/mol. The zero-order valence-corrected chi connectivity index (χ0v) is 21.6. The van der Waals surface area contributed by atoms with Crippen LogP contribution in [0.2, 0.25) is 0 Å². The molecule has 196 valence electrons. The lowest BCUT2D eigenvalue weighted by Crippen LogP contribution is -2.44. The number of nitrogens with zero attached hydrogens (tertiary/aromatic N) is 3. The van der Waals surface area contributed by atoms with Gasteiger partial charge in [-0.05, 0) is 56.0 Å². The van der Waals surface area contributed by atoms with Crippen LogP contribution in [0.1, 0.15) is 22.3 Å². The molecule has 0 unspecified atom stereocenters. The van der Waals surface area contributed by atoms with E-state index in [0.29, 0.717) is 35.6 Å². The van der Waals surface area contributed by atoms with E-state index in [4.69, 9.17) is 20.2 Å². The van der Waals surface area contributed by atoms with Crippen LogP contribution in [-0.2, 0) is 19.5 Å². The van der Waals surface area contributed by atoms with Gasteiger partial charge in [-0.2, -0.15) is 0 Å². The first-order chi connectivity index (χ1) is 17.7. The highest BCUT2D eigenvalue weighted by atomic mass is 19.1. The summed E-state index contributed by atoms with van der Waals surface area (Å²) in [5, 5.41) is 2.55. The molecule has 0 spiro atoms. The number of nitrogens with two attached hydrogens (primary N) is 1. The van der Waals surface area contributed by atoms with Crippen molar-refractivity contribution < 1.29 is 18.7 Å². The Morgan fingerprint density at radius 1 is 1.14 bits per heavy atom. The minimum Gasteiger partial charge on any atom is -0.493 e. The Bertz CT molecular complexity index is 1450. The average molecular weight is 510 g/mol. The molecule has 0 saturated carbocycles. The Balaban J connectivity index is 1.94. The molecule has 1 aliphatic rings. The van der Waals surface area contributed by atoms with Crippen molar-refractivity contribution in [3.63, 3.8) is 0 Å². The van der Waals surface area contributed by atoms with E-state index in [2.05, 4.69) is 17.4 Å². The van der Waals surface area contributed by atoms with Crippen LogP contribution >= 0.6 is 0 Å². The summed E-state index contributed by atoms with van der Waals surface area (Å²) in [5.74, 6) is 0.924. The van der Waals surface area contributed by atoms with Crippen LogP contribution in [0, 0.1) is 20.8 Å². The lowest BCUT2D eigenvalue weighted by atomic mass is 9.97. The van der Waals surface area contributed by atoms with Gasteiger partial charge in [0.1, 0.15) is 18.8 Å². The van der Waals surface area contributed by atoms with E-state index in [1.165, 1.54) is 7.11 Å².